The molecule has 0 saturated carbocycles. The fraction of sp³-hybridized carbons (Fsp3) is 0.368. The van der Waals surface area contributed by atoms with Crippen molar-refractivity contribution in [2.45, 2.75) is 31.2 Å². The van der Waals surface area contributed by atoms with Gasteiger partial charge in [-0.25, -0.2) is 18.4 Å². The minimum atomic E-state index is -3.44. The summed E-state index contributed by atoms with van der Waals surface area (Å²) < 4.78 is 29.6. The van der Waals surface area contributed by atoms with Crippen LogP contribution in [0, 0.1) is 12.8 Å². The maximum Gasteiger partial charge on any atom is 0.243 e. The zero-order chi connectivity index (χ0) is 18.1. The van der Waals surface area contributed by atoms with E-state index in [1.807, 2.05) is 35.8 Å². The highest BCUT2D eigenvalue weighted by molar-refractivity contribution is 7.89. The lowest BCUT2D eigenvalue weighted by Crippen LogP contribution is -2.41. The van der Waals surface area contributed by atoms with Crippen molar-refractivity contribution >= 4 is 21.2 Å². The van der Waals surface area contributed by atoms with E-state index in [-0.39, 0.29) is 5.92 Å². The van der Waals surface area contributed by atoms with E-state index in [9.17, 15) is 8.42 Å². The van der Waals surface area contributed by atoms with Crippen LogP contribution in [0.2, 0.25) is 0 Å². The predicted octanol–water partition coefficient (Wildman–Crippen LogP) is 2.84. The summed E-state index contributed by atoms with van der Waals surface area (Å²) in [7, 11) is -3.44. The van der Waals surface area contributed by atoms with Crippen LogP contribution in [0.3, 0.4) is 0 Å². The van der Waals surface area contributed by atoms with Gasteiger partial charge in [0.1, 0.15) is 5.52 Å². The van der Waals surface area contributed by atoms with E-state index in [4.69, 9.17) is 0 Å². The van der Waals surface area contributed by atoms with E-state index in [0.717, 1.165) is 36.1 Å². The zero-order valence-electron chi connectivity index (χ0n) is 14.7. The molecule has 4 rings (SSSR count). The van der Waals surface area contributed by atoms with Crippen LogP contribution in [0.4, 0.5) is 0 Å². The van der Waals surface area contributed by atoms with Crippen molar-refractivity contribution in [1.29, 1.82) is 0 Å². The molecule has 3 aromatic rings. The molecule has 1 atom stereocenters. The summed E-state index contributed by atoms with van der Waals surface area (Å²) in [5, 5.41) is 0. The lowest BCUT2D eigenvalue weighted by molar-refractivity contribution is 0.246. The molecule has 7 heteroatoms. The second kappa shape index (κ2) is 6.81. The Morgan fingerprint density at radius 1 is 1.15 bits per heavy atom. The lowest BCUT2D eigenvalue weighted by Gasteiger charge is -2.32. The Labute approximate surface area is 153 Å². The molecule has 1 unspecified atom stereocenters. The van der Waals surface area contributed by atoms with E-state index in [0.29, 0.717) is 18.0 Å². The van der Waals surface area contributed by atoms with Gasteiger partial charge in [-0.15, -0.1) is 0 Å². The molecule has 1 aliphatic rings. The fourth-order valence-corrected chi connectivity index (χ4v) is 5.12. The number of aryl methyl sites for hydroxylation is 1. The number of hydrogen-bond acceptors (Lipinski definition) is 4. The molecule has 1 aromatic carbocycles. The van der Waals surface area contributed by atoms with E-state index in [1.54, 1.807) is 29.0 Å². The minimum absolute atomic E-state index is 0.253. The van der Waals surface area contributed by atoms with Crippen molar-refractivity contribution < 1.29 is 8.42 Å². The number of aromatic nitrogens is 3. The van der Waals surface area contributed by atoms with E-state index in [2.05, 4.69) is 9.97 Å². The third-order valence-electron chi connectivity index (χ3n) is 4.97. The van der Waals surface area contributed by atoms with Crippen LogP contribution in [0.5, 0.6) is 0 Å². The van der Waals surface area contributed by atoms with Crippen LogP contribution in [0.15, 0.2) is 53.8 Å². The third-order valence-corrected chi connectivity index (χ3v) is 6.85. The number of nitrogens with zero attached hydrogens (tertiary/aromatic N) is 4. The van der Waals surface area contributed by atoms with Crippen molar-refractivity contribution in [1.82, 2.24) is 18.8 Å². The normalized spacial score (nSPS) is 19.0. The van der Waals surface area contributed by atoms with Crippen LogP contribution in [-0.4, -0.2) is 40.3 Å². The summed E-state index contributed by atoms with van der Waals surface area (Å²) in [6.07, 6.45) is 5.43. The first-order valence-electron chi connectivity index (χ1n) is 8.87. The Bertz CT molecular complexity index is 1010. The first-order chi connectivity index (χ1) is 12.5. The summed E-state index contributed by atoms with van der Waals surface area (Å²) in [5.74, 6) is 0.253. The van der Waals surface area contributed by atoms with Crippen LogP contribution < -0.4 is 0 Å². The number of piperidine rings is 1. The molecule has 1 saturated heterocycles. The number of rotatable bonds is 4. The fourth-order valence-electron chi connectivity index (χ4n) is 3.56. The number of imidazole rings is 1. The third kappa shape index (κ3) is 3.24. The van der Waals surface area contributed by atoms with Crippen molar-refractivity contribution in [2.24, 2.45) is 5.92 Å². The second-order valence-electron chi connectivity index (χ2n) is 6.93. The summed E-state index contributed by atoms with van der Waals surface area (Å²) in [4.78, 5) is 9.15. The van der Waals surface area contributed by atoms with Gasteiger partial charge in [0.25, 0.3) is 0 Å². The number of sulfonamides is 1. The summed E-state index contributed by atoms with van der Waals surface area (Å²) in [6, 6.07) is 10.9. The first-order valence-corrected chi connectivity index (χ1v) is 10.3. The van der Waals surface area contributed by atoms with Gasteiger partial charge in [0, 0.05) is 25.8 Å². The maximum absolute atomic E-state index is 13.0. The second-order valence-corrected chi connectivity index (χ2v) is 8.87. The van der Waals surface area contributed by atoms with Crippen molar-refractivity contribution in [3.05, 3.63) is 54.5 Å². The topological polar surface area (TPSA) is 68.1 Å². The zero-order valence-corrected chi connectivity index (χ0v) is 15.6. The van der Waals surface area contributed by atoms with Gasteiger partial charge in [0.15, 0.2) is 5.65 Å². The molecule has 26 heavy (non-hydrogen) atoms. The predicted molar refractivity (Wildman–Crippen MR) is 100 cm³/mol. The Hall–Kier alpha value is -2.25. The number of fused-ring (bicyclic) bond motifs is 1. The standard InChI is InChI=1S/C19H22N4O2S/c1-15-6-8-17(9-7-15)26(24,25)23-11-3-4-16(13-23)12-22-14-21-18-5-2-10-20-19(18)22/h2,5-10,14,16H,3-4,11-13H2,1H3. The monoisotopic (exact) mass is 370 g/mol. The van der Waals surface area contributed by atoms with Crippen molar-refractivity contribution in [3.63, 3.8) is 0 Å². The van der Waals surface area contributed by atoms with Gasteiger partial charge in [0.05, 0.1) is 11.2 Å². The molecule has 1 aliphatic heterocycles. The molecular weight excluding hydrogens is 348 g/mol. The van der Waals surface area contributed by atoms with E-state index in [1.165, 1.54) is 0 Å². The SMILES string of the molecule is Cc1ccc(S(=O)(=O)N2CCCC(Cn3cnc4cccnc43)C2)cc1. The summed E-state index contributed by atoms with van der Waals surface area (Å²) >= 11 is 0. The Kier molecular flexibility index (Phi) is 4.50. The smallest absolute Gasteiger partial charge is 0.243 e. The van der Waals surface area contributed by atoms with Crippen LogP contribution in [-0.2, 0) is 16.6 Å². The maximum atomic E-state index is 13.0. The molecule has 1 fully saturated rings. The van der Waals surface area contributed by atoms with Gasteiger partial charge in [-0.2, -0.15) is 4.31 Å². The number of benzene rings is 1. The van der Waals surface area contributed by atoms with Crippen LogP contribution >= 0.6 is 0 Å². The lowest BCUT2D eigenvalue weighted by atomic mass is 10.00. The van der Waals surface area contributed by atoms with Gasteiger partial charge < -0.3 is 4.57 Å². The highest BCUT2D eigenvalue weighted by atomic mass is 32.2. The molecule has 0 spiro atoms. The molecule has 2 aromatic heterocycles. The molecule has 0 bridgehead atoms. The molecule has 0 N–H and O–H groups in total. The van der Waals surface area contributed by atoms with Gasteiger partial charge in [0.2, 0.25) is 10.0 Å². The molecule has 0 amide bonds. The largest absolute Gasteiger partial charge is 0.315 e. The molecule has 0 radical (unpaired) electrons. The van der Waals surface area contributed by atoms with Crippen LogP contribution in [0.1, 0.15) is 18.4 Å². The summed E-state index contributed by atoms with van der Waals surface area (Å²) in [6.45, 7) is 3.79. The Morgan fingerprint density at radius 3 is 2.77 bits per heavy atom. The van der Waals surface area contributed by atoms with Crippen LogP contribution in [0.25, 0.3) is 11.2 Å². The minimum Gasteiger partial charge on any atom is -0.315 e. The van der Waals surface area contributed by atoms with Crippen molar-refractivity contribution in [2.75, 3.05) is 13.1 Å². The quantitative estimate of drug-likeness (QED) is 0.708. The van der Waals surface area contributed by atoms with E-state index >= 15 is 0 Å². The molecular formula is C19H22N4O2S. The van der Waals surface area contributed by atoms with Crippen molar-refractivity contribution in [3.8, 4) is 0 Å². The average molecular weight is 370 g/mol. The van der Waals surface area contributed by atoms with Gasteiger partial charge in [-0.1, -0.05) is 17.7 Å². The van der Waals surface area contributed by atoms with E-state index < -0.39 is 10.0 Å². The number of pyridine rings is 1. The Balaban J connectivity index is 1.53. The summed E-state index contributed by atoms with van der Waals surface area (Å²) in [5.41, 5.74) is 2.78. The van der Waals surface area contributed by atoms with Gasteiger partial charge in [-0.3, -0.25) is 0 Å². The average Bonchev–Trinajstić information content (AvgIpc) is 3.05. The highest BCUT2D eigenvalue weighted by Crippen LogP contribution is 2.25. The molecule has 3 heterocycles. The van der Waals surface area contributed by atoms with Gasteiger partial charge >= 0.3 is 0 Å². The first kappa shape index (κ1) is 17.2. The molecule has 136 valence electrons. The molecule has 6 nitrogen and oxygen atoms in total. The highest BCUT2D eigenvalue weighted by Gasteiger charge is 2.30. The van der Waals surface area contributed by atoms with Gasteiger partial charge in [-0.05, 0) is 49.9 Å². The Morgan fingerprint density at radius 2 is 1.96 bits per heavy atom. The number of hydrogen-bond donors (Lipinski definition) is 0. The molecule has 0 aliphatic carbocycles.